The van der Waals surface area contributed by atoms with Crippen molar-refractivity contribution >= 4 is 10.9 Å². The zero-order valence-electron chi connectivity index (χ0n) is 14.2. The number of hydrogen-bond donors (Lipinski definition) is 1. The minimum atomic E-state index is 0.163. The van der Waals surface area contributed by atoms with E-state index >= 15 is 0 Å². The van der Waals surface area contributed by atoms with Crippen LogP contribution in [0.1, 0.15) is 53.0 Å². The van der Waals surface area contributed by atoms with Crippen LogP contribution in [0.3, 0.4) is 0 Å². The molecule has 0 saturated carbocycles. The van der Waals surface area contributed by atoms with Crippen LogP contribution in [0.25, 0.3) is 10.9 Å². The predicted molar refractivity (Wildman–Crippen MR) is 92.6 cm³/mol. The summed E-state index contributed by atoms with van der Waals surface area (Å²) in [5, 5.41) is 4.91. The summed E-state index contributed by atoms with van der Waals surface area (Å²) in [6.07, 6.45) is 4.80. The van der Waals surface area contributed by atoms with Gasteiger partial charge in [-0.05, 0) is 62.3 Å². The number of benzene rings is 1. The average Bonchev–Trinajstić information content (AvgIpc) is 2.78. The van der Waals surface area contributed by atoms with Crippen molar-refractivity contribution in [3.63, 3.8) is 0 Å². The van der Waals surface area contributed by atoms with Crippen molar-refractivity contribution in [1.82, 2.24) is 9.88 Å². The molecule has 1 unspecified atom stereocenters. The van der Waals surface area contributed by atoms with E-state index in [1.54, 1.807) is 0 Å². The smallest absolute Gasteiger partial charge is 0.0480 e. The fourth-order valence-corrected chi connectivity index (χ4v) is 2.81. The first-order chi connectivity index (χ1) is 9.89. The Balaban J connectivity index is 2.11. The van der Waals surface area contributed by atoms with Crippen LogP contribution in [0.2, 0.25) is 0 Å². The number of fused-ring (bicyclic) bond motifs is 1. The molecule has 0 radical (unpaired) electrons. The summed E-state index contributed by atoms with van der Waals surface area (Å²) in [5.41, 5.74) is 2.88. The average molecular weight is 286 g/mol. The molecule has 2 rings (SSSR count). The van der Waals surface area contributed by atoms with Crippen molar-refractivity contribution in [3.05, 3.63) is 36.0 Å². The first-order valence-corrected chi connectivity index (χ1v) is 8.22. The molecule has 1 aromatic carbocycles. The van der Waals surface area contributed by atoms with Gasteiger partial charge in [0.05, 0.1) is 0 Å². The Morgan fingerprint density at radius 3 is 2.62 bits per heavy atom. The maximum Gasteiger partial charge on any atom is 0.0480 e. The lowest BCUT2D eigenvalue weighted by Crippen LogP contribution is -2.35. The highest BCUT2D eigenvalue weighted by molar-refractivity contribution is 5.80. The van der Waals surface area contributed by atoms with Crippen molar-refractivity contribution in [1.29, 1.82) is 0 Å². The predicted octanol–water partition coefficient (Wildman–Crippen LogP) is 4.97. The molecule has 0 aliphatic rings. The van der Waals surface area contributed by atoms with Crippen LogP contribution in [0.4, 0.5) is 0 Å². The lowest BCUT2D eigenvalue weighted by molar-refractivity contribution is 0.424. The van der Waals surface area contributed by atoms with E-state index in [1.807, 2.05) is 0 Å². The van der Waals surface area contributed by atoms with Crippen LogP contribution in [0.15, 0.2) is 30.5 Å². The molecule has 0 saturated heterocycles. The summed E-state index contributed by atoms with van der Waals surface area (Å²) in [6.45, 7) is 13.3. The highest BCUT2D eigenvalue weighted by atomic mass is 15.0. The molecule has 2 aromatic rings. The third-order valence-corrected chi connectivity index (χ3v) is 3.95. The molecule has 0 fully saturated rings. The topological polar surface area (TPSA) is 17.0 Å². The minimum absolute atomic E-state index is 0.163. The van der Waals surface area contributed by atoms with Crippen LogP contribution in [-0.2, 0) is 13.1 Å². The van der Waals surface area contributed by atoms with E-state index < -0.39 is 0 Å². The minimum Gasteiger partial charge on any atom is -0.347 e. The van der Waals surface area contributed by atoms with E-state index in [9.17, 15) is 0 Å². The molecule has 0 aliphatic heterocycles. The van der Waals surface area contributed by atoms with Crippen molar-refractivity contribution in [3.8, 4) is 0 Å². The van der Waals surface area contributed by atoms with Gasteiger partial charge in [-0.1, -0.05) is 26.3 Å². The molecule has 0 aliphatic carbocycles. The zero-order valence-corrected chi connectivity index (χ0v) is 14.2. The Morgan fingerprint density at radius 2 is 1.95 bits per heavy atom. The van der Waals surface area contributed by atoms with Crippen molar-refractivity contribution in [2.75, 3.05) is 0 Å². The Morgan fingerprint density at radius 1 is 1.19 bits per heavy atom. The van der Waals surface area contributed by atoms with E-state index in [4.69, 9.17) is 0 Å². The maximum atomic E-state index is 3.55. The molecule has 1 aromatic heterocycles. The van der Waals surface area contributed by atoms with Crippen LogP contribution < -0.4 is 5.32 Å². The number of nitrogens with one attached hydrogen (secondary N) is 1. The van der Waals surface area contributed by atoms with Gasteiger partial charge in [-0.15, -0.1) is 0 Å². The standard InChI is InChI=1S/C19H30N2/c1-6-7-15(2)14-21-11-10-17-12-16(8-9-18(17)21)13-20-19(3,4)5/h8-12,15,20H,6-7,13-14H2,1-5H3. The third kappa shape index (κ3) is 4.60. The lowest BCUT2D eigenvalue weighted by atomic mass is 10.1. The fraction of sp³-hybridized carbons (Fsp3) is 0.579. The SMILES string of the molecule is CCCC(C)Cn1ccc2cc(CNC(C)(C)C)ccc21. The second-order valence-electron chi connectivity index (χ2n) is 7.36. The van der Waals surface area contributed by atoms with Crippen molar-refractivity contribution in [2.24, 2.45) is 5.92 Å². The van der Waals surface area contributed by atoms with Crippen molar-refractivity contribution in [2.45, 2.75) is 66.1 Å². The van der Waals surface area contributed by atoms with Gasteiger partial charge < -0.3 is 9.88 Å². The van der Waals surface area contributed by atoms with E-state index in [0.29, 0.717) is 0 Å². The van der Waals surface area contributed by atoms with Crippen LogP contribution in [0, 0.1) is 5.92 Å². The largest absolute Gasteiger partial charge is 0.347 e. The summed E-state index contributed by atoms with van der Waals surface area (Å²) < 4.78 is 2.40. The number of nitrogens with zero attached hydrogens (tertiary/aromatic N) is 1. The lowest BCUT2D eigenvalue weighted by Gasteiger charge is -2.20. The third-order valence-electron chi connectivity index (χ3n) is 3.95. The van der Waals surface area contributed by atoms with Gasteiger partial charge in [-0.25, -0.2) is 0 Å². The molecule has 1 heterocycles. The summed E-state index contributed by atoms with van der Waals surface area (Å²) in [6, 6.07) is 9.08. The van der Waals surface area contributed by atoms with Gasteiger partial charge in [0.15, 0.2) is 0 Å². The maximum absolute atomic E-state index is 3.55. The molecule has 116 valence electrons. The first-order valence-electron chi connectivity index (χ1n) is 8.22. The van der Waals surface area contributed by atoms with Crippen LogP contribution in [0.5, 0.6) is 0 Å². The highest BCUT2D eigenvalue weighted by Crippen LogP contribution is 2.20. The molecular weight excluding hydrogens is 256 g/mol. The monoisotopic (exact) mass is 286 g/mol. The Kier molecular flexibility index (Phi) is 5.10. The van der Waals surface area contributed by atoms with Gasteiger partial charge in [0.2, 0.25) is 0 Å². The second kappa shape index (κ2) is 6.65. The van der Waals surface area contributed by atoms with Gasteiger partial charge in [0.1, 0.15) is 0 Å². The van der Waals surface area contributed by atoms with Crippen molar-refractivity contribution < 1.29 is 0 Å². The normalized spacial score (nSPS) is 13.8. The molecule has 2 heteroatoms. The van der Waals surface area contributed by atoms with E-state index in [-0.39, 0.29) is 5.54 Å². The zero-order chi connectivity index (χ0) is 15.5. The first kappa shape index (κ1) is 16.1. The summed E-state index contributed by atoms with van der Waals surface area (Å²) in [7, 11) is 0. The van der Waals surface area contributed by atoms with Gasteiger partial charge in [0.25, 0.3) is 0 Å². The Hall–Kier alpha value is -1.28. The summed E-state index contributed by atoms with van der Waals surface area (Å²) >= 11 is 0. The number of aromatic nitrogens is 1. The van der Waals surface area contributed by atoms with E-state index in [1.165, 1.54) is 29.3 Å². The van der Waals surface area contributed by atoms with Crippen LogP contribution >= 0.6 is 0 Å². The molecule has 1 atom stereocenters. The molecule has 21 heavy (non-hydrogen) atoms. The molecule has 2 nitrogen and oxygen atoms in total. The number of hydrogen-bond acceptors (Lipinski definition) is 1. The molecular formula is C19H30N2. The molecule has 0 amide bonds. The Labute approximate surface area is 129 Å². The molecule has 0 bridgehead atoms. The van der Waals surface area contributed by atoms with E-state index in [0.717, 1.165) is 19.0 Å². The summed E-state index contributed by atoms with van der Waals surface area (Å²) in [4.78, 5) is 0. The van der Waals surface area contributed by atoms with Gasteiger partial charge in [-0.3, -0.25) is 0 Å². The fourth-order valence-electron chi connectivity index (χ4n) is 2.81. The molecule has 0 spiro atoms. The van der Waals surface area contributed by atoms with Gasteiger partial charge in [-0.2, -0.15) is 0 Å². The van der Waals surface area contributed by atoms with Gasteiger partial charge >= 0.3 is 0 Å². The summed E-state index contributed by atoms with van der Waals surface area (Å²) in [5.74, 6) is 0.743. The second-order valence-corrected chi connectivity index (χ2v) is 7.36. The molecule has 1 N–H and O–H groups in total. The quantitative estimate of drug-likeness (QED) is 0.793. The van der Waals surface area contributed by atoms with E-state index in [2.05, 4.69) is 75.0 Å². The number of rotatable bonds is 6. The Bertz CT molecular complexity index is 575. The van der Waals surface area contributed by atoms with Gasteiger partial charge in [0, 0.05) is 30.3 Å². The van der Waals surface area contributed by atoms with Crippen LogP contribution in [-0.4, -0.2) is 10.1 Å². The highest BCUT2D eigenvalue weighted by Gasteiger charge is 2.10.